The number of aromatic nitrogens is 2. The van der Waals surface area contributed by atoms with E-state index in [1.807, 2.05) is 19.2 Å². The number of amides is 2. The Morgan fingerprint density at radius 1 is 1.44 bits per heavy atom. The number of thiazole rings is 1. The van der Waals surface area contributed by atoms with Gasteiger partial charge in [-0.15, -0.1) is 0 Å². The van der Waals surface area contributed by atoms with Crippen molar-refractivity contribution in [2.24, 2.45) is 5.73 Å². The van der Waals surface area contributed by atoms with E-state index in [1.165, 1.54) is 11.3 Å². The van der Waals surface area contributed by atoms with Crippen LogP contribution in [0.15, 0.2) is 30.6 Å². The van der Waals surface area contributed by atoms with E-state index in [0.29, 0.717) is 17.4 Å². The second-order valence-corrected chi connectivity index (χ2v) is 8.97. The highest BCUT2D eigenvalue weighted by Crippen LogP contribution is 2.34. The Labute approximate surface area is 164 Å². The zero-order chi connectivity index (χ0) is 19.8. The monoisotopic (exact) mass is 385 g/mol. The minimum Gasteiger partial charge on any atom is -0.401 e. The van der Waals surface area contributed by atoms with Crippen LogP contribution in [0, 0.1) is 6.92 Å². The SMILES string of the molecule is C=C(N)[C@@H]1CCCN1C(=O)Nc1nc(C)c(-c2ccnc(C(C)(C)C)c2)s1. The highest BCUT2D eigenvalue weighted by molar-refractivity contribution is 7.19. The third-order valence-electron chi connectivity index (χ3n) is 4.74. The van der Waals surface area contributed by atoms with E-state index in [4.69, 9.17) is 5.73 Å². The van der Waals surface area contributed by atoms with E-state index in [0.717, 1.165) is 34.7 Å². The predicted octanol–water partition coefficient (Wildman–Crippen LogP) is 4.28. The highest BCUT2D eigenvalue weighted by atomic mass is 32.1. The molecule has 2 amide bonds. The molecule has 0 radical (unpaired) electrons. The average molecular weight is 386 g/mol. The molecule has 0 aliphatic carbocycles. The number of anilines is 1. The van der Waals surface area contributed by atoms with Crippen LogP contribution >= 0.6 is 11.3 Å². The molecule has 0 unspecified atom stereocenters. The van der Waals surface area contributed by atoms with Gasteiger partial charge in [0.1, 0.15) is 0 Å². The summed E-state index contributed by atoms with van der Waals surface area (Å²) in [6.07, 6.45) is 3.62. The van der Waals surface area contributed by atoms with Crippen LogP contribution in [0.25, 0.3) is 10.4 Å². The predicted molar refractivity (Wildman–Crippen MR) is 111 cm³/mol. The normalized spacial score (nSPS) is 17.2. The molecular formula is C20H27N5OS. The summed E-state index contributed by atoms with van der Waals surface area (Å²) in [5.41, 5.74) is 9.33. The molecule has 1 fully saturated rings. The molecule has 0 bridgehead atoms. The number of hydrogen-bond acceptors (Lipinski definition) is 5. The lowest BCUT2D eigenvalue weighted by atomic mass is 9.90. The van der Waals surface area contributed by atoms with Gasteiger partial charge < -0.3 is 10.6 Å². The lowest BCUT2D eigenvalue weighted by Gasteiger charge is -2.24. The Kier molecular flexibility index (Phi) is 5.24. The highest BCUT2D eigenvalue weighted by Gasteiger charge is 2.30. The molecule has 3 heterocycles. The number of pyridine rings is 1. The quantitative estimate of drug-likeness (QED) is 0.826. The Hall–Kier alpha value is -2.41. The Bertz CT molecular complexity index is 867. The molecule has 1 atom stereocenters. The molecule has 27 heavy (non-hydrogen) atoms. The second-order valence-electron chi connectivity index (χ2n) is 7.97. The number of urea groups is 1. The molecule has 1 aliphatic heterocycles. The maximum Gasteiger partial charge on any atom is 0.324 e. The summed E-state index contributed by atoms with van der Waals surface area (Å²) in [5.74, 6) is 0. The van der Waals surface area contributed by atoms with Gasteiger partial charge in [0.15, 0.2) is 5.13 Å². The molecule has 2 aromatic heterocycles. The molecule has 3 N–H and O–H groups in total. The fourth-order valence-electron chi connectivity index (χ4n) is 3.26. The number of hydrogen-bond donors (Lipinski definition) is 2. The van der Waals surface area contributed by atoms with E-state index in [2.05, 4.69) is 48.7 Å². The first kappa shape index (κ1) is 19.4. The molecule has 3 rings (SSSR count). The number of carbonyl (C=O) groups excluding carboxylic acids is 1. The second kappa shape index (κ2) is 7.31. The summed E-state index contributed by atoms with van der Waals surface area (Å²) in [6, 6.07) is 3.81. The molecule has 0 saturated carbocycles. The fraction of sp³-hybridized carbons (Fsp3) is 0.450. The van der Waals surface area contributed by atoms with Gasteiger partial charge >= 0.3 is 6.03 Å². The van der Waals surface area contributed by atoms with Crippen molar-refractivity contribution in [3.8, 4) is 10.4 Å². The lowest BCUT2D eigenvalue weighted by Crippen LogP contribution is -2.41. The zero-order valence-electron chi connectivity index (χ0n) is 16.4. The van der Waals surface area contributed by atoms with E-state index in [-0.39, 0.29) is 17.5 Å². The van der Waals surface area contributed by atoms with Crippen molar-refractivity contribution >= 4 is 22.5 Å². The minimum absolute atomic E-state index is 0.0268. The molecule has 7 heteroatoms. The number of nitrogens with zero attached hydrogens (tertiary/aromatic N) is 3. The zero-order valence-corrected chi connectivity index (χ0v) is 17.2. The van der Waals surface area contributed by atoms with Gasteiger partial charge in [-0.2, -0.15) is 0 Å². The van der Waals surface area contributed by atoms with Crippen molar-refractivity contribution in [1.29, 1.82) is 0 Å². The number of nitrogens with one attached hydrogen (secondary N) is 1. The Balaban J connectivity index is 1.81. The lowest BCUT2D eigenvalue weighted by molar-refractivity contribution is 0.212. The van der Waals surface area contributed by atoms with Crippen molar-refractivity contribution in [2.45, 2.75) is 52.0 Å². The molecule has 2 aromatic rings. The summed E-state index contributed by atoms with van der Waals surface area (Å²) >= 11 is 1.48. The van der Waals surface area contributed by atoms with E-state index in [9.17, 15) is 4.79 Å². The molecule has 0 spiro atoms. The summed E-state index contributed by atoms with van der Waals surface area (Å²) < 4.78 is 0. The summed E-state index contributed by atoms with van der Waals surface area (Å²) in [6.45, 7) is 12.9. The van der Waals surface area contributed by atoms with Crippen LogP contribution < -0.4 is 11.1 Å². The van der Waals surface area contributed by atoms with Crippen molar-refractivity contribution in [1.82, 2.24) is 14.9 Å². The maximum absolute atomic E-state index is 12.6. The first-order valence-corrected chi connectivity index (χ1v) is 9.94. The average Bonchev–Trinajstić information content (AvgIpc) is 3.21. The number of nitrogens with two attached hydrogens (primary N) is 1. The van der Waals surface area contributed by atoms with Gasteiger partial charge in [0.25, 0.3) is 0 Å². The topological polar surface area (TPSA) is 84.1 Å². The third-order valence-corrected chi connectivity index (χ3v) is 5.86. The Morgan fingerprint density at radius 2 is 2.19 bits per heavy atom. The third kappa shape index (κ3) is 4.13. The van der Waals surface area contributed by atoms with Gasteiger partial charge in [-0.1, -0.05) is 38.7 Å². The van der Waals surface area contributed by atoms with E-state index >= 15 is 0 Å². The maximum atomic E-state index is 12.6. The molecule has 1 saturated heterocycles. The molecule has 0 aromatic carbocycles. The Morgan fingerprint density at radius 3 is 2.85 bits per heavy atom. The van der Waals surface area contributed by atoms with Crippen LogP contribution in [0.4, 0.5) is 9.93 Å². The van der Waals surface area contributed by atoms with Crippen LogP contribution in [-0.4, -0.2) is 33.5 Å². The van der Waals surface area contributed by atoms with Gasteiger partial charge in [0, 0.05) is 29.5 Å². The largest absolute Gasteiger partial charge is 0.401 e. The molecule has 1 aliphatic rings. The van der Waals surface area contributed by atoms with Crippen LogP contribution in [0.1, 0.15) is 45.0 Å². The van der Waals surface area contributed by atoms with E-state index < -0.39 is 0 Å². The van der Waals surface area contributed by atoms with Gasteiger partial charge in [0.2, 0.25) is 0 Å². The summed E-state index contributed by atoms with van der Waals surface area (Å²) in [5, 5.41) is 3.52. The van der Waals surface area contributed by atoms with Crippen LogP contribution in [-0.2, 0) is 5.41 Å². The summed E-state index contributed by atoms with van der Waals surface area (Å²) in [4.78, 5) is 24.5. The van der Waals surface area contributed by atoms with Gasteiger partial charge in [-0.25, -0.2) is 9.78 Å². The van der Waals surface area contributed by atoms with Crippen LogP contribution in [0.3, 0.4) is 0 Å². The van der Waals surface area contributed by atoms with Gasteiger partial charge in [-0.05, 0) is 37.5 Å². The number of aryl methyl sites for hydroxylation is 1. The minimum atomic E-state index is -0.172. The van der Waals surface area contributed by atoms with Gasteiger partial charge in [-0.3, -0.25) is 10.3 Å². The summed E-state index contributed by atoms with van der Waals surface area (Å²) in [7, 11) is 0. The van der Waals surface area contributed by atoms with Crippen molar-refractivity contribution < 1.29 is 4.79 Å². The fourth-order valence-corrected chi connectivity index (χ4v) is 4.21. The first-order chi connectivity index (χ1) is 12.7. The van der Waals surface area contributed by atoms with Crippen LogP contribution in [0.5, 0.6) is 0 Å². The van der Waals surface area contributed by atoms with Crippen molar-refractivity contribution in [3.63, 3.8) is 0 Å². The van der Waals surface area contributed by atoms with E-state index in [1.54, 1.807) is 4.90 Å². The number of likely N-dealkylation sites (tertiary alicyclic amines) is 1. The van der Waals surface area contributed by atoms with Crippen LogP contribution in [0.2, 0.25) is 0 Å². The molecule has 6 nitrogen and oxygen atoms in total. The number of rotatable bonds is 3. The molecule has 144 valence electrons. The van der Waals surface area contributed by atoms with Crippen molar-refractivity contribution in [3.05, 3.63) is 42.0 Å². The standard InChI is InChI=1S/C20H27N5OS/c1-12(21)15-7-6-10-25(15)19(26)24-18-23-13(2)17(27-18)14-8-9-22-16(11-14)20(3,4)5/h8-9,11,15H,1,6-7,10,21H2,2-5H3,(H,23,24,26)/t15-/m0/s1. The smallest absolute Gasteiger partial charge is 0.324 e. The van der Waals surface area contributed by atoms with Gasteiger partial charge in [0.05, 0.1) is 16.6 Å². The number of carbonyl (C=O) groups is 1. The first-order valence-electron chi connectivity index (χ1n) is 9.13. The molecular weight excluding hydrogens is 358 g/mol. The van der Waals surface area contributed by atoms with Crippen molar-refractivity contribution in [2.75, 3.05) is 11.9 Å².